The van der Waals surface area contributed by atoms with E-state index in [0.717, 1.165) is 31.2 Å². The minimum absolute atomic E-state index is 0. The Hall–Kier alpha value is -0.0700. The molecule has 0 saturated heterocycles. The van der Waals surface area contributed by atoms with Crippen LogP contribution in [0.3, 0.4) is 0 Å². The summed E-state index contributed by atoms with van der Waals surface area (Å²) in [6.07, 6.45) is 17.4. The Morgan fingerprint density at radius 1 is 0.781 bits per heavy atom. The molecule has 0 spiro atoms. The van der Waals surface area contributed by atoms with Crippen LogP contribution in [0.1, 0.15) is 122 Å². The number of unbranched alkanes of at least 4 members (excludes halogenated alkanes) is 10. The quantitative estimate of drug-likeness (QED) is 0.167. The number of rotatable bonds is 19. The van der Waals surface area contributed by atoms with E-state index in [0.29, 0.717) is 12.2 Å². The molecule has 0 aliphatic heterocycles. The zero-order valence-corrected chi connectivity index (χ0v) is 24.0. The monoisotopic (exact) mass is 476 g/mol. The Kier molecular flexibility index (Phi) is 19.2. The van der Waals surface area contributed by atoms with Gasteiger partial charge in [-0.25, -0.2) is 8.42 Å². The summed E-state index contributed by atoms with van der Waals surface area (Å²) in [4.78, 5) is 0. The van der Waals surface area contributed by atoms with Gasteiger partial charge in [-0.05, 0) is 49.3 Å². The van der Waals surface area contributed by atoms with Crippen LogP contribution < -0.4 is 34.3 Å². The predicted molar refractivity (Wildman–Crippen MR) is 130 cm³/mol. The topological polar surface area (TPSA) is 66.4 Å². The van der Waals surface area contributed by atoms with Crippen molar-refractivity contribution in [3.05, 3.63) is 29.3 Å². The summed E-state index contributed by atoms with van der Waals surface area (Å²) in [7, 11) is -4.49. The summed E-state index contributed by atoms with van der Waals surface area (Å²) < 4.78 is 40.9. The third-order valence-corrected chi connectivity index (χ3v) is 6.89. The fourth-order valence-electron chi connectivity index (χ4n) is 4.06. The predicted octanol–water partition coefficient (Wildman–Crippen LogP) is 4.55. The molecule has 1 atom stereocenters. The van der Waals surface area contributed by atoms with Crippen LogP contribution in [0.25, 0.3) is 0 Å². The van der Waals surface area contributed by atoms with Crippen molar-refractivity contribution < 1.29 is 47.3 Å². The molecule has 0 aromatic heterocycles. The van der Waals surface area contributed by atoms with Gasteiger partial charge in [0.15, 0.2) is 5.44 Å². The van der Waals surface area contributed by atoms with Gasteiger partial charge in [0.05, 0.1) is 0 Å². The molecule has 0 aliphatic carbocycles. The van der Waals surface area contributed by atoms with Crippen molar-refractivity contribution in [1.82, 2.24) is 0 Å². The fraction of sp³-hybridized carbons (Fsp3) is 0.769. The Labute approximate surface area is 220 Å². The molecule has 1 aromatic rings. The molecule has 0 amide bonds. The molecule has 0 N–H and O–H groups in total. The molecule has 1 aromatic carbocycles. The van der Waals surface area contributed by atoms with Crippen molar-refractivity contribution in [2.45, 2.75) is 129 Å². The number of hydrogen-bond acceptors (Lipinski definition) is 4. The first kappa shape index (κ1) is 31.9. The molecule has 1 unspecified atom stereocenters. The van der Waals surface area contributed by atoms with E-state index < -0.39 is 15.6 Å². The number of aryl methyl sites for hydroxylation is 1. The number of hydrogen-bond donors (Lipinski definition) is 0. The van der Waals surface area contributed by atoms with Crippen molar-refractivity contribution in [2.75, 3.05) is 0 Å². The molecule has 6 heteroatoms. The maximum Gasteiger partial charge on any atom is 1.00 e. The van der Waals surface area contributed by atoms with Gasteiger partial charge in [0.1, 0.15) is 15.9 Å². The smallest absolute Gasteiger partial charge is 0.745 e. The summed E-state index contributed by atoms with van der Waals surface area (Å²) >= 11 is 0. The molecule has 0 aliphatic rings. The van der Waals surface area contributed by atoms with Gasteiger partial charge < -0.3 is 9.29 Å². The van der Waals surface area contributed by atoms with E-state index in [2.05, 4.69) is 19.9 Å². The summed E-state index contributed by atoms with van der Waals surface area (Å²) in [5.41, 5.74) is 1.06. The second-order valence-electron chi connectivity index (χ2n) is 8.76. The van der Waals surface area contributed by atoms with Crippen molar-refractivity contribution >= 4 is 10.1 Å². The second kappa shape index (κ2) is 19.3. The molecule has 180 valence electrons. The van der Waals surface area contributed by atoms with Gasteiger partial charge in [-0.1, -0.05) is 104 Å². The summed E-state index contributed by atoms with van der Waals surface area (Å²) in [6.45, 7) is 6.32. The first-order valence-electron chi connectivity index (χ1n) is 12.7. The summed E-state index contributed by atoms with van der Waals surface area (Å²) in [5.74, 6) is 0.593. The maximum absolute atomic E-state index is 11.7. The Bertz CT molecular complexity index is 691. The number of benzene rings is 1. The molecule has 32 heavy (non-hydrogen) atoms. The minimum Gasteiger partial charge on any atom is -0.745 e. The second-order valence-corrected chi connectivity index (χ2v) is 10.3. The van der Waals surface area contributed by atoms with Gasteiger partial charge in [-0.15, -0.1) is 0 Å². The average molecular weight is 477 g/mol. The van der Waals surface area contributed by atoms with E-state index in [1.165, 1.54) is 69.8 Å². The third kappa shape index (κ3) is 13.6. The Morgan fingerprint density at radius 3 is 1.84 bits per heavy atom. The fourth-order valence-corrected chi connectivity index (χ4v) is 4.80. The standard InChI is InChI=1S/C26H46O4S.Na/c1-4-7-9-11-13-15-19-23-20-17-22-25(30-26(18-6-3)31(27,28)29)24(23)21-16-14-12-10-8-5-2;/h17,20,22,26H,4-16,18-19,21H2,1-3H3,(H,27,28,29);/q;+1/p-1. The summed E-state index contributed by atoms with van der Waals surface area (Å²) in [5, 5.41) is 0. The Balaban J connectivity index is 0.00000961. The van der Waals surface area contributed by atoms with Crippen molar-refractivity contribution in [3.8, 4) is 5.75 Å². The van der Waals surface area contributed by atoms with Crippen LogP contribution in [-0.4, -0.2) is 18.4 Å². The van der Waals surface area contributed by atoms with Crippen molar-refractivity contribution in [1.29, 1.82) is 0 Å². The van der Waals surface area contributed by atoms with E-state index in [1.807, 2.05) is 19.1 Å². The SMILES string of the molecule is CCCCCCCCc1cccc(OC(CCC)S(=O)(=O)[O-])c1CCCCCCCC.[Na+]. The number of ether oxygens (including phenoxy) is 1. The molecule has 0 saturated carbocycles. The van der Waals surface area contributed by atoms with Crippen LogP contribution in [0.5, 0.6) is 5.75 Å². The molecule has 4 nitrogen and oxygen atoms in total. The zero-order chi connectivity index (χ0) is 23.0. The van der Waals surface area contributed by atoms with E-state index >= 15 is 0 Å². The van der Waals surface area contributed by atoms with E-state index in [4.69, 9.17) is 4.74 Å². The molecular weight excluding hydrogens is 431 g/mol. The summed E-state index contributed by atoms with van der Waals surface area (Å²) in [6, 6.07) is 5.92. The molecule has 0 bridgehead atoms. The van der Waals surface area contributed by atoms with Crippen LogP contribution in [0.2, 0.25) is 0 Å². The molecular formula is C26H45NaO4S. The largest absolute Gasteiger partial charge is 1.00 e. The van der Waals surface area contributed by atoms with Crippen LogP contribution in [0, 0.1) is 0 Å². The van der Waals surface area contributed by atoms with Gasteiger partial charge >= 0.3 is 29.6 Å². The van der Waals surface area contributed by atoms with Crippen molar-refractivity contribution in [3.63, 3.8) is 0 Å². The third-order valence-electron chi connectivity index (χ3n) is 5.91. The van der Waals surface area contributed by atoms with Gasteiger partial charge in [0.2, 0.25) is 0 Å². The van der Waals surface area contributed by atoms with E-state index in [9.17, 15) is 13.0 Å². The maximum atomic E-state index is 11.7. The van der Waals surface area contributed by atoms with Crippen LogP contribution in [-0.2, 0) is 23.0 Å². The van der Waals surface area contributed by atoms with Crippen LogP contribution in [0.15, 0.2) is 18.2 Å². The average Bonchev–Trinajstić information content (AvgIpc) is 2.73. The zero-order valence-electron chi connectivity index (χ0n) is 21.2. The van der Waals surface area contributed by atoms with Gasteiger partial charge in [0.25, 0.3) is 0 Å². The molecule has 0 fully saturated rings. The first-order chi connectivity index (χ1) is 14.9. The molecule has 0 radical (unpaired) electrons. The van der Waals surface area contributed by atoms with Gasteiger partial charge in [0, 0.05) is 0 Å². The van der Waals surface area contributed by atoms with Crippen molar-refractivity contribution in [2.24, 2.45) is 0 Å². The van der Waals surface area contributed by atoms with Gasteiger partial charge in [-0.2, -0.15) is 0 Å². The minimum atomic E-state index is -4.49. The molecule has 1 rings (SSSR count). The van der Waals surface area contributed by atoms with Gasteiger partial charge in [-0.3, -0.25) is 0 Å². The van der Waals surface area contributed by atoms with Crippen LogP contribution >= 0.6 is 0 Å². The molecule has 0 heterocycles. The Morgan fingerprint density at radius 2 is 1.31 bits per heavy atom. The normalized spacial score (nSPS) is 12.4. The first-order valence-corrected chi connectivity index (χ1v) is 14.1. The van der Waals surface area contributed by atoms with E-state index in [-0.39, 0.29) is 36.0 Å². The van der Waals surface area contributed by atoms with E-state index in [1.54, 1.807) is 0 Å². The van der Waals surface area contributed by atoms with Crippen LogP contribution in [0.4, 0.5) is 0 Å².